The van der Waals surface area contributed by atoms with Crippen molar-refractivity contribution >= 4 is 35.6 Å². The van der Waals surface area contributed by atoms with Gasteiger partial charge in [0.05, 0.1) is 18.8 Å². The molecule has 210 valence electrons. The first kappa shape index (κ1) is 30.4. The molecule has 0 radical (unpaired) electrons. The number of carbonyl (C=O) groups excluding carboxylic acids is 4. The minimum atomic E-state index is -1.60. The highest BCUT2D eigenvalue weighted by Crippen LogP contribution is 2.06. The van der Waals surface area contributed by atoms with Crippen LogP contribution in [0.15, 0.2) is 42.9 Å². The van der Waals surface area contributed by atoms with Gasteiger partial charge >= 0.3 is 11.9 Å². The van der Waals surface area contributed by atoms with Gasteiger partial charge in [0.25, 0.3) is 0 Å². The maximum atomic E-state index is 13.1. The number of hydrogen-bond acceptors (Lipinski definition) is 8. The summed E-state index contributed by atoms with van der Waals surface area (Å²) < 4.78 is 0. The largest absolute Gasteiger partial charge is 0.481 e. The van der Waals surface area contributed by atoms with Crippen molar-refractivity contribution < 1.29 is 39.0 Å². The molecule has 0 saturated carbocycles. The van der Waals surface area contributed by atoms with Crippen LogP contribution in [0, 0.1) is 0 Å². The van der Waals surface area contributed by atoms with Crippen molar-refractivity contribution in [3.05, 3.63) is 54.1 Å². The number of imidazole rings is 1. The summed E-state index contributed by atoms with van der Waals surface area (Å²) in [5.41, 5.74) is 12.1. The molecular formula is C24H31N7O8. The van der Waals surface area contributed by atoms with Gasteiger partial charge in [-0.1, -0.05) is 30.3 Å². The molecule has 1 aromatic heterocycles. The minimum absolute atomic E-state index is 0.126. The molecule has 10 N–H and O–H groups in total. The zero-order chi connectivity index (χ0) is 28.9. The predicted molar refractivity (Wildman–Crippen MR) is 135 cm³/mol. The summed E-state index contributed by atoms with van der Waals surface area (Å²) in [6.07, 6.45) is 1.21. The summed E-state index contributed by atoms with van der Waals surface area (Å²) in [5, 5.41) is 25.6. The van der Waals surface area contributed by atoms with Gasteiger partial charge in [-0.3, -0.25) is 24.0 Å². The second-order valence-corrected chi connectivity index (χ2v) is 8.70. The van der Waals surface area contributed by atoms with E-state index >= 15 is 0 Å². The Balaban J connectivity index is 2.17. The number of carboxylic acids is 2. The number of aromatic nitrogens is 2. The Morgan fingerprint density at radius 2 is 1.49 bits per heavy atom. The summed E-state index contributed by atoms with van der Waals surface area (Å²) >= 11 is 0. The third-order valence-electron chi connectivity index (χ3n) is 5.55. The van der Waals surface area contributed by atoms with Crippen LogP contribution in [0.25, 0.3) is 0 Å². The van der Waals surface area contributed by atoms with Gasteiger partial charge in [-0.05, 0) is 18.4 Å². The molecule has 0 bridgehead atoms. The first-order valence-electron chi connectivity index (χ1n) is 11.9. The number of nitrogens with zero attached hydrogens (tertiary/aromatic N) is 1. The Hall–Kier alpha value is -4.79. The molecular weight excluding hydrogens is 514 g/mol. The van der Waals surface area contributed by atoms with Crippen molar-refractivity contribution in [2.24, 2.45) is 11.5 Å². The third-order valence-corrected chi connectivity index (χ3v) is 5.55. The molecule has 0 saturated heterocycles. The predicted octanol–water partition coefficient (Wildman–Crippen LogP) is -2.20. The van der Waals surface area contributed by atoms with Crippen molar-refractivity contribution in [1.82, 2.24) is 25.9 Å². The van der Waals surface area contributed by atoms with Crippen LogP contribution >= 0.6 is 0 Å². The lowest BCUT2D eigenvalue weighted by atomic mass is 10.0. The SMILES string of the molecule is NC(=O)CCC(NC(=O)C(Cc1cnc[nH]1)NC(=O)C(CC(=O)O)NC(=O)C(N)Cc1ccccc1)C(=O)O. The summed E-state index contributed by atoms with van der Waals surface area (Å²) in [4.78, 5) is 79.3. The lowest BCUT2D eigenvalue weighted by Gasteiger charge is -2.24. The number of carboxylic acid groups (broad SMARTS) is 2. The summed E-state index contributed by atoms with van der Waals surface area (Å²) in [7, 11) is 0. The molecule has 1 aromatic carbocycles. The average Bonchev–Trinajstić information content (AvgIpc) is 3.38. The molecule has 2 aromatic rings. The quantitative estimate of drug-likeness (QED) is 0.113. The van der Waals surface area contributed by atoms with E-state index in [4.69, 9.17) is 11.5 Å². The van der Waals surface area contributed by atoms with E-state index in [1.165, 1.54) is 12.5 Å². The standard InChI is InChI=1S/C24H31N7O8/c25-15(8-13-4-2-1-3-5-13)21(35)30-18(10-20(33)34)23(37)31-17(9-14-11-27-12-28-14)22(36)29-16(24(38)39)6-7-19(26)32/h1-5,11-12,15-18H,6-10,25H2,(H2,26,32)(H,27,28)(H,29,36)(H,30,35)(H,31,37)(H,33,34)(H,38,39). The zero-order valence-corrected chi connectivity index (χ0v) is 20.8. The molecule has 0 aliphatic rings. The Morgan fingerprint density at radius 1 is 0.872 bits per heavy atom. The Kier molecular flexibility index (Phi) is 11.6. The van der Waals surface area contributed by atoms with Gasteiger partial charge in [-0.25, -0.2) is 9.78 Å². The second kappa shape index (κ2) is 14.8. The molecule has 0 aliphatic heterocycles. The zero-order valence-electron chi connectivity index (χ0n) is 20.8. The number of hydrogen-bond donors (Lipinski definition) is 8. The lowest BCUT2D eigenvalue weighted by molar-refractivity contribution is -0.143. The number of rotatable bonds is 16. The number of benzene rings is 1. The van der Waals surface area contributed by atoms with E-state index in [2.05, 4.69) is 25.9 Å². The number of nitrogens with one attached hydrogen (secondary N) is 4. The van der Waals surface area contributed by atoms with Gasteiger partial charge in [-0.2, -0.15) is 0 Å². The van der Waals surface area contributed by atoms with Crippen molar-refractivity contribution in [2.75, 3.05) is 0 Å². The highest BCUT2D eigenvalue weighted by molar-refractivity contribution is 5.95. The van der Waals surface area contributed by atoms with Gasteiger partial charge in [0.2, 0.25) is 23.6 Å². The van der Waals surface area contributed by atoms with Gasteiger partial charge in [-0.15, -0.1) is 0 Å². The molecule has 2 rings (SSSR count). The van der Waals surface area contributed by atoms with Gasteiger partial charge < -0.3 is 42.6 Å². The summed E-state index contributed by atoms with van der Waals surface area (Å²) in [6, 6.07) is 3.22. The van der Waals surface area contributed by atoms with E-state index in [0.29, 0.717) is 5.69 Å². The molecule has 15 nitrogen and oxygen atoms in total. The molecule has 0 aliphatic carbocycles. The van der Waals surface area contributed by atoms with Crippen LogP contribution in [-0.4, -0.2) is 79.9 Å². The highest BCUT2D eigenvalue weighted by atomic mass is 16.4. The monoisotopic (exact) mass is 545 g/mol. The topological polar surface area (TPSA) is 260 Å². The molecule has 0 spiro atoms. The molecule has 4 amide bonds. The van der Waals surface area contributed by atoms with Crippen molar-refractivity contribution in [1.29, 1.82) is 0 Å². The molecule has 39 heavy (non-hydrogen) atoms. The highest BCUT2D eigenvalue weighted by Gasteiger charge is 2.32. The van der Waals surface area contributed by atoms with E-state index < -0.39 is 66.2 Å². The first-order valence-corrected chi connectivity index (χ1v) is 11.9. The van der Waals surface area contributed by atoms with E-state index in [0.717, 1.165) is 5.56 Å². The fourth-order valence-electron chi connectivity index (χ4n) is 3.54. The van der Waals surface area contributed by atoms with E-state index in [-0.39, 0.29) is 25.7 Å². The number of nitrogens with two attached hydrogens (primary N) is 2. The van der Waals surface area contributed by atoms with Crippen molar-refractivity contribution in [3.8, 4) is 0 Å². The number of primary amides is 1. The van der Waals surface area contributed by atoms with Crippen LogP contribution < -0.4 is 27.4 Å². The van der Waals surface area contributed by atoms with E-state index in [1.807, 2.05) is 0 Å². The van der Waals surface area contributed by atoms with Crippen LogP contribution in [-0.2, 0) is 41.6 Å². The number of carbonyl (C=O) groups is 6. The average molecular weight is 546 g/mol. The van der Waals surface area contributed by atoms with Crippen LogP contribution in [0.5, 0.6) is 0 Å². The fraction of sp³-hybridized carbons (Fsp3) is 0.375. The molecule has 4 atom stereocenters. The summed E-state index contributed by atoms with van der Waals surface area (Å²) in [6.45, 7) is 0. The van der Waals surface area contributed by atoms with Crippen LogP contribution in [0.2, 0.25) is 0 Å². The lowest BCUT2D eigenvalue weighted by Crippen LogP contribution is -2.58. The van der Waals surface area contributed by atoms with Gasteiger partial charge in [0.15, 0.2) is 0 Å². The van der Waals surface area contributed by atoms with E-state index in [9.17, 15) is 39.0 Å². The van der Waals surface area contributed by atoms with Crippen LogP contribution in [0.4, 0.5) is 0 Å². The number of H-pyrrole nitrogens is 1. The third kappa shape index (κ3) is 10.6. The summed E-state index contributed by atoms with van der Waals surface area (Å²) in [5.74, 6) is -6.33. The van der Waals surface area contributed by atoms with Crippen LogP contribution in [0.1, 0.15) is 30.5 Å². The molecule has 4 unspecified atom stereocenters. The number of aliphatic carboxylic acids is 2. The van der Waals surface area contributed by atoms with Crippen LogP contribution in [0.3, 0.4) is 0 Å². The van der Waals surface area contributed by atoms with Crippen molar-refractivity contribution in [3.63, 3.8) is 0 Å². The smallest absolute Gasteiger partial charge is 0.326 e. The molecule has 0 fully saturated rings. The first-order chi connectivity index (χ1) is 18.5. The number of aromatic amines is 1. The fourth-order valence-corrected chi connectivity index (χ4v) is 3.54. The molecule has 1 heterocycles. The van der Waals surface area contributed by atoms with Gasteiger partial charge in [0, 0.05) is 24.7 Å². The Bertz CT molecular complexity index is 1160. The number of amides is 4. The van der Waals surface area contributed by atoms with Crippen molar-refractivity contribution in [2.45, 2.75) is 56.3 Å². The Labute approximate surface area is 222 Å². The minimum Gasteiger partial charge on any atom is -0.481 e. The van der Waals surface area contributed by atoms with E-state index in [1.54, 1.807) is 30.3 Å². The second-order valence-electron chi connectivity index (χ2n) is 8.70. The van der Waals surface area contributed by atoms with Gasteiger partial charge in [0.1, 0.15) is 18.1 Å². The maximum absolute atomic E-state index is 13.1. The maximum Gasteiger partial charge on any atom is 0.326 e. The molecule has 15 heteroatoms. The Morgan fingerprint density at radius 3 is 2.05 bits per heavy atom. The normalized spacial score (nSPS) is 13.8.